The molecule has 2 N–H and O–H groups in total. The molecule has 25 heavy (non-hydrogen) atoms. The fourth-order valence-corrected chi connectivity index (χ4v) is 3.32. The van der Waals surface area contributed by atoms with E-state index in [9.17, 15) is 9.59 Å². The van der Waals surface area contributed by atoms with Crippen LogP contribution >= 0.6 is 11.8 Å². The summed E-state index contributed by atoms with van der Waals surface area (Å²) in [7, 11) is 0. The maximum atomic E-state index is 12.6. The quantitative estimate of drug-likeness (QED) is 0.687. The van der Waals surface area contributed by atoms with Gasteiger partial charge in [-0.1, -0.05) is 24.9 Å². The molecule has 0 bridgehead atoms. The first-order chi connectivity index (χ1) is 12.0. The maximum absolute atomic E-state index is 12.6. The van der Waals surface area contributed by atoms with Crippen LogP contribution in [0.2, 0.25) is 0 Å². The molecule has 2 amide bonds. The maximum Gasteiger partial charge on any atom is 0.239 e. The summed E-state index contributed by atoms with van der Waals surface area (Å²) < 4.78 is 4.98. The lowest BCUT2D eigenvalue weighted by molar-refractivity contribution is -0.116. The van der Waals surface area contributed by atoms with E-state index in [4.69, 9.17) is 4.52 Å². The number of hydrogen-bond donors (Lipinski definition) is 2. The molecule has 1 aromatic heterocycles. The van der Waals surface area contributed by atoms with Crippen molar-refractivity contribution in [2.45, 2.75) is 50.2 Å². The van der Waals surface area contributed by atoms with Gasteiger partial charge in [-0.3, -0.25) is 9.59 Å². The summed E-state index contributed by atoms with van der Waals surface area (Å²) in [6.45, 7) is 5.35. The van der Waals surface area contributed by atoms with Gasteiger partial charge in [0.25, 0.3) is 0 Å². The molecule has 7 heteroatoms. The Labute approximate surface area is 151 Å². The molecular weight excluding hydrogens is 338 g/mol. The molecule has 134 valence electrons. The molecule has 2 aromatic rings. The molecule has 0 fully saturated rings. The Kier molecular flexibility index (Phi) is 7.06. The van der Waals surface area contributed by atoms with E-state index >= 15 is 0 Å². The van der Waals surface area contributed by atoms with Gasteiger partial charge in [-0.05, 0) is 37.6 Å². The Morgan fingerprint density at radius 3 is 2.52 bits per heavy atom. The molecule has 0 saturated heterocycles. The van der Waals surface area contributed by atoms with Crippen molar-refractivity contribution in [2.75, 3.05) is 10.6 Å². The highest BCUT2D eigenvalue weighted by molar-refractivity contribution is 8.00. The molecular formula is C18H23N3O3S. The zero-order valence-corrected chi connectivity index (χ0v) is 15.5. The number of hydrogen-bond acceptors (Lipinski definition) is 5. The second kappa shape index (κ2) is 9.27. The molecule has 1 heterocycles. The fourth-order valence-electron chi connectivity index (χ4n) is 2.25. The first-order valence-corrected chi connectivity index (χ1v) is 9.14. The lowest BCUT2D eigenvalue weighted by atomic mass is 10.2. The standard InChI is InChI=1S/C18H23N3O3S/c1-4-5-6-16(18(23)20-17-11-12(2)24-21-17)25-15-9-7-14(8-10-15)19-13(3)22/h7-11,16H,4-6H2,1-3H3,(H,19,22)(H,20,21,23)/t16-/m1/s1. The second-order valence-electron chi connectivity index (χ2n) is 5.77. The summed E-state index contributed by atoms with van der Waals surface area (Å²) in [5.74, 6) is 0.897. The Morgan fingerprint density at radius 2 is 1.96 bits per heavy atom. The first kappa shape index (κ1) is 19.1. The summed E-state index contributed by atoms with van der Waals surface area (Å²) in [4.78, 5) is 24.6. The number of nitrogens with zero attached hydrogens (tertiary/aromatic N) is 1. The van der Waals surface area contributed by atoms with Crippen LogP contribution in [0.4, 0.5) is 11.5 Å². The molecule has 6 nitrogen and oxygen atoms in total. The monoisotopic (exact) mass is 361 g/mol. The number of aryl methyl sites for hydroxylation is 1. The van der Waals surface area contributed by atoms with Crippen LogP contribution in [0, 0.1) is 6.92 Å². The predicted molar refractivity (Wildman–Crippen MR) is 99.8 cm³/mol. The largest absolute Gasteiger partial charge is 0.360 e. The highest BCUT2D eigenvalue weighted by Crippen LogP contribution is 2.29. The van der Waals surface area contributed by atoms with Crippen LogP contribution in [0.3, 0.4) is 0 Å². The Morgan fingerprint density at radius 1 is 1.24 bits per heavy atom. The summed E-state index contributed by atoms with van der Waals surface area (Å²) in [6.07, 6.45) is 2.76. The van der Waals surface area contributed by atoms with Crippen molar-refractivity contribution in [3.05, 3.63) is 36.1 Å². The number of nitrogens with one attached hydrogen (secondary N) is 2. The van der Waals surface area contributed by atoms with Crippen molar-refractivity contribution in [1.82, 2.24) is 5.16 Å². The number of aromatic nitrogens is 1. The number of rotatable bonds is 8. The van der Waals surface area contributed by atoms with Crippen LogP contribution in [-0.4, -0.2) is 22.2 Å². The second-order valence-corrected chi connectivity index (χ2v) is 7.04. The topological polar surface area (TPSA) is 84.2 Å². The van der Waals surface area contributed by atoms with E-state index in [0.29, 0.717) is 11.6 Å². The SMILES string of the molecule is CCCC[C@@H](Sc1ccc(NC(C)=O)cc1)C(=O)Nc1cc(C)on1. The molecule has 0 aliphatic heterocycles. The minimum absolute atomic E-state index is 0.0855. The highest BCUT2D eigenvalue weighted by Gasteiger charge is 2.20. The highest BCUT2D eigenvalue weighted by atomic mass is 32.2. The van der Waals surface area contributed by atoms with E-state index in [0.717, 1.165) is 29.8 Å². The lowest BCUT2D eigenvalue weighted by Gasteiger charge is -2.15. The van der Waals surface area contributed by atoms with Crippen LogP contribution < -0.4 is 10.6 Å². The zero-order valence-electron chi connectivity index (χ0n) is 14.7. The Balaban J connectivity index is 2.03. The van der Waals surface area contributed by atoms with Gasteiger partial charge in [-0.2, -0.15) is 0 Å². The van der Waals surface area contributed by atoms with E-state index in [1.165, 1.54) is 18.7 Å². The number of carbonyl (C=O) groups excluding carboxylic acids is 2. The summed E-state index contributed by atoms with van der Waals surface area (Å²) in [5.41, 5.74) is 0.740. The van der Waals surface area contributed by atoms with Crippen molar-refractivity contribution in [3.8, 4) is 0 Å². The van der Waals surface area contributed by atoms with Crippen LogP contribution in [0.15, 0.2) is 39.8 Å². The number of thioether (sulfide) groups is 1. The van der Waals surface area contributed by atoms with Crippen LogP contribution in [0.1, 0.15) is 38.9 Å². The van der Waals surface area contributed by atoms with Crippen molar-refractivity contribution in [3.63, 3.8) is 0 Å². The van der Waals surface area contributed by atoms with Gasteiger partial charge < -0.3 is 15.2 Å². The van der Waals surface area contributed by atoms with E-state index < -0.39 is 0 Å². The van der Waals surface area contributed by atoms with Gasteiger partial charge in [0.2, 0.25) is 11.8 Å². The van der Waals surface area contributed by atoms with Gasteiger partial charge in [0.05, 0.1) is 5.25 Å². The molecule has 1 aromatic carbocycles. The number of benzene rings is 1. The van der Waals surface area contributed by atoms with Crippen molar-refractivity contribution in [2.24, 2.45) is 0 Å². The van der Waals surface area contributed by atoms with Gasteiger partial charge in [-0.25, -0.2) is 0 Å². The van der Waals surface area contributed by atoms with Gasteiger partial charge in [0.1, 0.15) is 5.76 Å². The van der Waals surface area contributed by atoms with Crippen LogP contribution in [0.25, 0.3) is 0 Å². The van der Waals surface area contributed by atoms with Gasteiger partial charge in [0, 0.05) is 23.6 Å². The molecule has 0 saturated carbocycles. The molecule has 0 aliphatic carbocycles. The van der Waals surface area contributed by atoms with Gasteiger partial charge >= 0.3 is 0 Å². The lowest BCUT2D eigenvalue weighted by Crippen LogP contribution is -2.25. The molecule has 2 rings (SSSR count). The third-order valence-corrected chi connectivity index (χ3v) is 4.72. The van der Waals surface area contributed by atoms with Crippen LogP contribution in [-0.2, 0) is 9.59 Å². The van der Waals surface area contributed by atoms with Crippen molar-refractivity contribution < 1.29 is 14.1 Å². The van der Waals surface area contributed by atoms with E-state index in [1.807, 2.05) is 24.3 Å². The number of anilines is 2. The fraction of sp³-hybridized carbons (Fsp3) is 0.389. The van der Waals surface area contributed by atoms with E-state index in [2.05, 4.69) is 22.7 Å². The van der Waals surface area contributed by atoms with Crippen molar-refractivity contribution in [1.29, 1.82) is 0 Å². The minimum atomic E-state index is -0.219. The molecule has 0 spiro atoms. The van der Waals surface area contributed by atoms with Crippen LogP contribution in [0.5, 0.6) is 0 Å². The van der Waals surface area contributed by atoms with Gasteiger partial charge in [-0.15, -0.1) is 11.8 Å². The summed E-state index contributed by atoms with van der Waals surface area (Å²) in [5, 5.41) is 9.13. The molecule has 0 radical (unpaired) electrons. The number of amides is 2. The van der Waals surface area contributed by atoms with E-state index in [-0.39, 0.29) is 17.1 Å². The number of carbonyl (C=O) groups is 2. The van der Waals surface area contributed by atoms with Gasteiger partial charge in [0.15, 0.2) is 5.82 Å². The summed E-state index contributed by atoms with van der Waals surface area (Å²) in [6, 6.07) is 9.17. The summed E-state index contributed by atoms with van der Waals surface area (Å²) >= 11 is 1.51. The molecule has 0 unspecified atom stereocenters. The van der Waals surface area contributed by atoms with E-state index in [1.54, 1.807) is 13.0 Å². The third-order valence-electron chi connectivity index (χ3n) is 3.44. The predicted octanol–water partition coefficient (Wildman–Crippen LogP) is 4.23. The molecule has 1 atom stereocenters. The minimum Gasteiger partial charge on any atom is -0.360 e. The Bertz CT molecular complexity index is 713. The van der Waals surface area contributed by atoms with Crippen molar-refractivity contribution >= 4 is 35.1 Å². The Hall–Kier alpha value is -2.28. The molecule has 0 aliphatic rings. The smallest absolute Gasteiger partial charge is 0.239 e. The first-order valence-electron chi connectivity index (χ1n) is 8.26. The zero-order chi connectivity index (χ0) is 18.2. The average molecular weight is 361 g/mol. The third kappa shape index (κ3) is 6.26. The number of unbranched alkanes of at least 4 members (excludes halogenated alkanes) is 1. The normalized spacial score (nSPS) is 11.8. The average Bonchev–Trinajstić information content (AvgIpc) is 2.97.